The SMILES string of the molecule is Cc1cccn2c(=O)c3cc(C(=O)N4CCN(C)CC4)c(=N)n(CCN4CCOCC4)c3nc12. The van der Waals surface area contributed by atoms with Crippen molar-refractivity contribution in [2.24, 2.45) is 0 Å². The highest BCUT2D eigenvalue weighted by Gasteiger charge is 2.24. The highest BCUT2D eigenvalue weighted by molar-refractivity contribution is 5.97. The molecule has 2 fully saturated rings. The summed E-state index contributed by atoms with van der Waals surface area (Å²) in [5, 5.41) is 9.34. The molecular weight excluding hydrogens is 434 g/mol. The minimum atomic E-state index is -0.226. The number of aryl methyl sites for hydroxylation is 1. The van der Waals surface area contributed by atoms with Crippen LogP contribution in [0.2, 0.25) is 0 Å². The molecule has 3 aromatic rings. The lowest BCUT2D eigenvalue weighted by molar-refractivity contribution is 0.0363. The Hall–Kier alpha value is -3.08. The molecule has 0 atom stereocenters. The second-order valence-electron chi connectivity index (χ2n) is 9.15. The van der Waals surface area contributed by atoms with Crippen LogP contribution in [-0.2, 0) is 11.3 Å². The highest BCUT2D eigenvalue weighted by Crippen LogP contribution is 2.15. The van der Waals surface area contributed by atoms with Gasteiger partial charge in [0.2, 0.25) is 0 Å². The van der Waals surface area contributed by atoms with Crippen molar-refractivity contribution in [1.82, 2.24) is 28.7 Å². The van der Waals surface area contributed by atoms with Gasteiger partial charge < -0.3 is 19.1 Å². The fraction of sp³-hybridized carbons (Fsp3) is 0.500. The Labute approximate surface area is 197 Å². The molecule has 1 N–H and O–H groups in total. The van der Waals surface area contributed by atoms with Gasteiger partial charge in [-0.1, -0.05) is 6.07 Å². The zero-order valence-electron chi connectivity index (χ0n) is 19.8. The number of hydrogen-bond acceptors (Lipinski definition) is 7. The number of nitrogens with zero attached hydrogens (tertiary/aromatic N) is 6. The quantitative estimate of drug-likeness (QED) is 0.551. The van der Waals surface area contributed by atoms with Gasteiger partial charge in [-0.15, -0.1) is 0 Å². The molecule has 2 aliphatic heterocycles. The molecule has 0 radical (unpaired) electrons. The fourth-order valence-electron chi connectivity index (χ4n) is 4.72. The van der Waals surface area contributed by atoms with E-state index < -0.39 is 0 Å². The molecule has 1 amide bonds. The van der Waals surface area contributed by atoms with E-state index in [1.807, 2.05) is 26.1 Å². The number of fused-ring (bicyclic) bond motifs is 2. The maximum Gasteiger partial charge on any atom is 0.267 e. The molecule has 0 aromatic carbocycles. The van der Waals surface area contributed by atoms with Crippen LogP contribution in [0.25, 0.3) is 16.7 Å². The van der Waals surface area contributed by atoms with Crippen LogP contribution in [0.1, 0.15) is 15.9 Å². The number of pyridine rings is 2. The van der Waals surface area contributed by atoms with Crippen molar-refractivity contribution in [2.45, 2.75) is 13.5 Å². The van der Waals surface area contributed by atoms with Crippen LogP contribution in [0.15, 0.2) is 29.2 Å². The van der Waals surface area contributed by atoms with Gasteiger partial charge in [-0.05, 0) is 31.7 Å². The molecule has 3 aromatic heterocycles. The number of morpholine rings is 1. The summed E-state index contributed by atoms with van der Waals surface area (Å²) >= 11 is 0. The minimum Gasteiger partial charge on any atom is -0.379 e. The molecule has 10 nitrogen and oxygen atoms in total. The largest absolute Gasteiger partial charge is 0.379 e. The van der Waals surface area contributed by atoms with Crippen LogP contribution in [-0.4, -0.2) is 101 Å². The number of aromatic nitrogens is 3. The third kappa shape index (κ3) is 4.13. The van der Waals surface area contributed by atoms with Crippen molar-refractivity contribution < 1.29 is 9.53 Å². The maximum atomic E-state index is 13.5. The summed E-state index contributed by atoms with van der Waals surface area (Å²) in [5.74, 6) is -0.200. The van der Waals surface area contributed by atoms with Gasteiger partial charge in [0.25, 0.3) is 11.5 Å². The predicted molar refractivity (Wildman–Crippen MR) is 128 cm³/mol. The molecule has 34 heavy (non-hydrogen) atoms. The van der Waals surface area contributed by atoms with E-state index in [9.17, 15) is 9.59 Å². The van der Waals surface area contributed by atoms with Gasteiger partial charge in [-0.25, -0.2) is 4.98 Å². The van der Waals surface area contributed by atoms with Crippen LogP contribution in [0.3, 0.4) is 0 Å². The first-order valence-electron chi connectivity index (χ1n) is 11.8. The lowest BCUT2D eigenvalue weighted by atomic mass is 10.1. The second kappa shape index (κ2) is 9.28. The van der Waals surface area contributed by atoms with Crippen LogP contribution in [0.5, 0.6) is 0 Å². The average Bonchev–Trinajstić information content (AvgIpc) is 2.85. The topological polar surface area (TPSA) is 99.2 Å². The zero-order chi connectivity index (χ0) is 23.8. The van der Waals surface area contributed by atoms with Gasteiger partial charge in [0.05, 0.1) is 24.2 Å². The first kappa shape index (κ1) is 22.7. The predicted octanol–water partition coefficient (Wildman–Crippen LogP) is 0.157. The van der Waals surface area contributed by atoms with Crippen LogP contribution in [0.4, 0.5) is 0 Å². The van der Waals surface area contributed by atoms with E-state index in [-0.39, 0.29) is 22.5 Å². The third-order valence-corrected chi connectivity index (χ3v) is 6.90. The van der Waals surface area contributed by atoms with Gasteiger partial charge in [0, 0.05) is 58.6 Å². The number of piperazine rings is 1. The van der Waals surface area contributed by atoms with Crippen LogP contribution < -0.4 is 11.0 Å². The Morgan fingerprint density at radius 2 is 1.82 bits per heavy atom. The van der Waals surface area contributed by atoms with E-state index in [1.165, 1.54) is 4.40 Å². The van der Waals surface area contributed by atoms with Crippen molar-refractivity contribution in [3.63, 3.8) is 0 Å². The van der Waals surface area contributed by atoms with E-state index >= 15 is 0 Å². The van der Waals surface area contributed by atoms with Gasteiger partial charge in [-0.2, -0.15) is 0 Å². The van der Waals surface area contributed by atoms with E-state index in [4.69, 9.17) is 15.1 Å². The smallest absolute Gasteiger partial charge is 0.267 e. The monoisotopic (exact) mass is 465 g/mol. The van der Waals surface area contributed by atoms with Crippen molar-refractivity contribution in [1.29, 1.82) is 5.41 Å². The summed E-state index contributed by atoms with van der Waals surface area (Å²) in [4.78, 5) is 38.0. The molecular formula is C24H31N7O3. The third-order valence-electron chi connectivity index (χ3n) is 6.90. The number of nitrogens with one attached hydrogen (secondary N) is 1. The number of carbonyl (C=O) groups excluding carboxylic acids is 1. The molecule has 0 bridgehead atoms. The van der Waals surface area contributed by atoms with Gasteiger partial charge >= 0.3 is 0 Å². The minimum absolute atomic E-state index is 0.106. The van der Waals surface area contributed by atoms with Crippen molar-refractivity contribution in [3.05, 3.63) is 51.4 Å². The first-order valence-corrected chi connectivity index (χ1v) is 11.8. The molecule has 2 saturated heterocycles. The van der Waals surface area contributed by atoms with Crippen molar-refractivity contribution >= 4 is 22.6 Å². The number of likely N-dealkylation sites (N-methyl/N-ethyl adjacent to an activating group) is 1. The Kier molecular flexibility index (Phi) is 6.20. The molecule has 0 saturated carbocycles. The number of amides is 1. The number of ether oxygens (including phenoxy) is 1. The maximum absolute atomic E-state index is 13.5. The first-order chi connectivity index (χ1) is 16.4. The molecule has 0 unspecified atom stereocenters. The molecule has 5 heterocycles. The van der Waals surface area contributed by atoms with E-state index in [0.29, 0.717) is 56.1 Å². The highest BCUT2D eigenvalue weighted by atomic mass is 16.5. The fourth-order valence-corrected chi connectivity index (χ4v) is 4.72. The van der Waals surface area contributed by atoms with Crippen LogP contribution >= 0.6 is 0 Å². The standard InChI is InChI=1S/C24H31N7O3/c1-17-4-3-5-31-21(17)26-22-19(24(31)33)16-18(23(32)29-9-6-27(2)7-10-29)20(25)30(22)11-8-28-12-14-34-15-13-28/h3-5,16,25H,6-15H2,1-2H3. The van der Waals surface area contributed by atoms with E-state index in [0.717, 1.165) is 31.7 Å². The lowest BCUT2D eigenvalue weighted by Gasteiger charge is -2.32. The zero-order valence-corrected chi connectivity index (χ0v) is 19.8. The lowest BCUT2D eigenvalue weighted by Crippen LogP contribution is -2.48. The summed E-state index contributed by atoms with van der Waals surface area (Å²) in [6, 6.07) is 5.31. The Balaban J connectivity index is 1.65. The Bertz CT molecular complexity index is 1350. The molecule has 180 valence electrons. The molecule has 10 heteroatoms. The van der Waals surface area contributed by atoms with E-state index in [2.05, 4.69) is 9.80 Å². The summed E-state index contributed by atoms with van der Waals surface area (Å²) < 4.78 is 8.72. The van der Waals surface area contributed by atoms with Gasteiger partial charge in [-0.3, -0.25) is 24.3 Å². The average molecular weight is 466 g/mol. The van der Waals surface area contributed by atoms with Gasteiger partial charge in [0.15, 0.2) is 0 Å². The number of carbonyl (C=O) groups is 1. The van der Waals surface area contributed by atoms with Crippen molar-refractivity contribution in [2.75, 3.05) is 66.1 Å². The molecule has 2 aliphatic rings. The second-order valence-corrected chi connectivity index (χ2v) is 9.15. The summed E-state index contributed by atoms with van der Waals surface area (Å²) in [5.41, 5.74) is 2.03. The Morgan fingerprint density at radius 1 is 1.09 bits per heavy atom. The van der Waals surface area contributed by atoms with E-state index in [1.54, 1.807) is 21.7 Å². The number of rotatable bonds is 4. The van der Waals surface area contributed by atoms with Crippen LogP contribution in [0, 0.1) is 12.3 Å². The Morgan fingerprint density at radius 3 is 2.56 bits per heavy atom. The summed E-state index contributed by atoms with van der Waals surface area (Å²) in [6.45, 7) is 8.88. The molecule has 0 spiro atoms. The number of hydrogen-bond donors (Lipinski definition) is 1. The molecule has 5 rings (SSSR count). The molecule has 0 aliphatic carbocycles. The normalized spacial score (nSPS) is 18.1. The van der Waals surface area contributed by atoms with Crippen molar-refractivity contribution in [3.8, 4) is 0 Å². The van der Waals surface area contributed by atoms with Gasteiger partial charge in [0.1, 0.15) is 16.8 Å². The summed E-state index contributed by atoms with van der Waals surface area (Å²) in [7, 11) is 2.03. The summed E-state index contributed by atoms with van der Waals surface area (Å²) in [6.07, 6.45) is 1.70.